The summed E-state index contributed by atoms with van der Waals surface area (Å²) < 4.78 is 17.9. The molecule has 0 aliphatic heterocycles. The van der Waals surface area contributed by atoms with E-state index in [2.05, 4.69) is 10.5 Å². The number of ether oxygens (including phenoxy) is 1. The van der Waals surface area contributed by atoms with E-state index in [1.807, 2.05) is 0 Å². The molecule has 7 heteroatoms. The highest BCUT2D eigenvalue weighted by molar-refractivity contribution is 5.94. The molecule has 0 spiro atoms. The zero-order chi connectivity index (χ0) is 16.7. The quantitative estimate of drug-likeness (QED) is 0.624. The molecule has 0 aliphatic carbocycles. The Bertz CT molecular complexity index is 712. The van der Waals surface area contributed by atoms with Crippen LogP contribution >= 0.6 is 0 Å². The van der Waals surface area contributed by atoms with Crippen LogP contribution in [-0.4, -0.2) is 24.6 Å². The normalized spacial score (nSPS) is 10.5. The molecule has 3 N–H and O–H groups in total. The molecule has 23 heavy (non-hydrogen) atoms. The number of nitrogens with one attached hydrogen (secondary N) is 1. The fourth-order valence-corrected chi connectivity index (χ4v) is 1.64. The van der Waals surface area contributed by atoms with Gasteiger partial charge in [-0.15, -0.1) is 0 Å². The summed E-state index contributed by atoms with van der Waals surface area (Å²) in [4.78, 5) is 22.3. The first-order valence-electron chi connectivity index (χ1n) is 6.65. The first-order chi connectivity index (χ1) is 11.0. The van der Waals surface area contributed by atoms with Crippen molar-refractivity contribution < 1.29 is 18.7 Å². The highest BCUT2D eigenvalue weighted by Gasteiger charge is 2.03. The second kappa shape index (κ2) is 7.69. The fraction of sp³-hybridized carbons (Fsp3) is 0.0625. The van der Waals surface area contributed by atoms with Crippen molar-refractivity contribution in [2.45, 2.75) is 0 Å². The molecule has 0 saturated heterocycles. The van der Waals surface area contributed by atoms with Crippen molar-refractivity contribution in [1.82, 2.24) is 5.43 Å². The van der Waals surface area contributed by atoms with E-state index in [0.717, 1.165) is 5.56 Å². The van der Waals surface area contributed by atoms with Gasteiger partial charge in [0, 0.05) is 5.56 Å². The number of nitrogens with two attached hydrogens (primary N) is 1. The lowest BCUT2D eigenvalue weighted by Crippen LogP contribution is -2.20. The van der Waals surface area contributed by atoms with Gasteiger partial charge in [-0.2, -0.15) is 5.10 Å². The summed E-state index contributed by atoms with van der Waals surface area (Å²) in [6, 6.07) is 11.8. The maximum atomic E-state index is 12.8. The molecule has 2 amide bonds. The molecule has 6 nitrogen and oxygen atoms in total. The van der Waals surface area contributed by atoms with Crippen LogP contribution in [0.15, 0.2) is 53.6 Å². The van der Waals surface area contributed by atoms with Gasteiger partial charge in [-0.3, -0.25) is 9.59 Å². The molecule has 0 heterocycles. The van der Waals surface area contributed by atoms with Gasteiger partial charge in [-0.1, -0.05) is 0 Å². The molecule has 0 saturated carbocycles. The Hall–Kier alpha value is -3.22. The lowest BCUT2D eigenvalue weighted by molar-refractivity contribution is -0.119. The summed E-state index contributed by atoms with van der Waals surface area (Å²) in [6.45, 7) is -0.193. The number of primary amides is 1. The van der Waals surface area contributed by atoms with E-state index in [-0.39, 0.29) is 6.61 Å². The number of amides is 2. The Morgan fingerprint density at radius 1 is 1.13 bits per heavy atom. The van der Waals surface area contributed by atoms with Crippen molar-refractivity contribution in [3.63, 3.8) is 0 Å². The zero-order valence-corrected chi connectivity index (χ0v) is 12.0. The molecule has 0 bridgehead atoms. The first-order valence-corrected chi connectivity index (χ1v) is 6.65. The van der Waals surface area contributed by atoms with Gasteiger partial charge in [0.15, 0.2) is 6.61 Å². The van der Waals surface area contributed by atoms with Crippen molar-refractivity contribution in [2.75, 3.05) is 6.61 Å². The van der Waals surface area contributed by atoms with E-state index < -0.39 is 17.6 Å². The van der Waals surface area contributed by atoms with Crippen molar-refractivity contribution >= 4 is 18.0 Å². The average molecular weight is 315 g/mol. The predicted molar refractivity (Wildman–Crippen MR) is 82.6 cm³/mol. The number of hydrogen-bond donors (Lipinski definition) is 2. The van der Waals surface area contributed by atoms with Gasteiger partial charge in [-0.05, 0) is 54.1 Å². The van der Waals surface area contributed by atoms with E-state index in [1.54, 1.807) is 24.3 Å². The number of carbonyl (C=O) groups excluding carboxylic acids is 2. The van der Waals surface area contributed by atoms with E-state index >= 15 is 0 Å². The minimum Gasteiger partial charge on any atom is -0.484 e. The number of halogens is 1. The van der Waals surface area contributed by atoms with Gasteiger partial charge in [0.1, 0.15) is 11.6 Å². The standard InChI is InChI=1S/C16H14FN3O3/c17-13-5-3-12(4-6-13)16(22)20-19-9-11-1-7-14(8-2-11)23-10-15(18)21/h1-9H,10H2,(H2,18,21)(H,20,22)/b19-9+. The van der Waals surface area contributed by atoms with Crippen LogP contribution in [-0.2, 0) is 4.79 Å². The maximum absolute atomic E-state index is 12.8. The molecule has 0 radical (unpaired) electrons. The molecule has 0 aromatic heterocycles. The van der Waals surface area contributed by atoms with Gasteiger partial charge in [0.2, 0.25) is 0 Å². The SMILES string of the molecule is NC(=O)COc1ccc(/C=N/NC(=O)c2ccc(F)cc2)cc1. The maximum Gasteiger partial charge on any atom is 0.271 e. The number of hydrogen-bond acceptors (Lipinski definition) is 4. The predicted octanol–water partition coefficient (Wildman–Crippen LogP) is 1.45. The second-order valence-corrected chi connectivity index (χ2v) is 4.53. The zero-order valence-electron chi connectivity index (χ0n) is 12.0. The Morgan fingerprint density at radius 3 is 2.39 bits per heavy atom. The van der Waals surface area contributed by atoms with Crippen LogP contribution in [0.25, 0.3) is 0 Å². The van der Waals surface area contributed by atoms with Crippen LogP contribution in [0.1, 0.15) is 15.9 Å². The third-order valence-corrected chi connectivity index (χ3v) is 2.75. The Balaban J connectivity index is 1.88. The van der Waals surface area contributed by atoms with Gasteiger partial charge in [0.05, 0.1) is 6.21 Å². The Labute approximate surface area is 131 Å². The Morgan fingerprint density at radius 2 is 1.78 bits per heavy atom. The molecule has 2 aromatic carbocycles. The minimum atomic E-state index is -0.556. The molecule has 0 atom stereocenters. The Kier molecular flexibility index (Phi) is 5.40. The van der Waals surface area contributed by atoms with Crippen molar-refractivity contribution in [2.24, 2.45) is 10.8 Å². The first kappa shape index (κ1) is 16.2. The van der Waals surface area contributed by atoms with Crippen LogP contribution in [0.5, 0.6) is 5.75 Å². The summed E-state index contributed by atoms with van der Waals surface area (Å²) in [7, 11) is 0. The molecule has 0 unspecified atom stereocenters. The molecule has 118 valence electrons. The van der Waals surface area contributed by atoms with Gasteiger partial charge in [0.25, 0.3) is 11.8 Å². The highest BCUT2D eigenvalue weighted by atomic mass is 19.1. The van der Waals surface area contributed by atoms with E-state index in [4.69, 9.17) is 10.5 Å². The van der Waals surface area contributed by atoms with Gasteiger partial charge >= 0.3 is 0 Å². The van der Waals surface area contributed by atoms with E-state index in [9.17, 15) is 14.0 Å². The molecule has 0 aliphatic rings. The number of hydrazone groups is 1. The second-order valence-electron chi connectivity index (χ2n) is 4.53. The lowest BCUT2D eigenvalue weighted by atomic mass is 10.2. The van der Waals surface area contributed by atoms with Crippen molar-refractivity contribution in [1.29, 1.82) is 0 Å². The van der Waals surface area contributed by atoms with Crippen LogP contribution in [0, 0.1) is 5.82 Å². The smallest absolute Gasteiger partial charge is 0.271 e. The summed E-state index contributed by atoms with van der Waals surface area (Å²) in [5, 5.41) is 3.81. The molecule has 2 rings (SSSR count). The van der Waals surface area contributed by atoms with Crippen LogP contribution in [0.4, 0.5) is 4.39 Å². The van der Waals surface area contributed by atoms with Crippen molar-refractivity contribution in [3.8, 4) is 5.75 Å². The van der Waals surface area contributed by atoms with E-state index in [1.165, 1.54) is 30.5 Å². The average Bonchev–Trinajstić information content (AvgIpc) is 2.54. The summed E-state index contributed by atoms with van der Waals surface area (Å²) in [6.07, 6.45) is 1.44. The fourth-order valence-electron chi connectivity index (χ4n) is 1.64. The van der Waals surface area contributed by atoms with Crippen molar-refractivity contribution in [3.05, 3.63) is 65.5 Å². The van der Waals surface area contributed by atoms with Crippen LogP contribution < -0.4 is 15.9 Å². The number of carbonyl (C=O) groups is 2. The molecular weight excluding hydrogens is 301 g/mol. The minimum absolute atomic E-state index is 0.193. The number of nitrogens with zero attached hydrogens (tertiary/aromatic N) is 1. The van der Waals surface area contributed by atoms with Crippen LogP contribution in [0.3, 0.4) is 0 Å². The third kappa shape index (κ3) is 5.24. The monoisotopic (exact) mass is 315 g/mol. The molecular formula is C16H14FN3O3. The third-order valence-electron chi connectivity index (χ3n) is 2.75. The summed E-state index contributed by atoms with van der Waals surface area (Å²) in [5.74, 6) is -0.915. The van der Waals surface area contributed by atoms with Gasteiger partial charge in [-0.25, -0.2) is 9.82 Å². The molecule has 0 fully saturated rings. The number of benzene rings is 2. The highest BCUT2D eigenvalue weighted by Crippen LogP contribution is 2.10. The molecule has 2 aromatic rings. The van der Waals surface area contributed by atoms with Gasteiger partial charge < -0.3 is 10.5 Å². The lowest BCUT2D eigenvalue weighted by Gasteiger charge is -2.03. The van der Waals surface area contributed by atoms with Crippen LogP contribution in [0.2, 0.25) is 0 Å². The largest absolute Gasteiger partial charge is 0.484 e. The summed E-state index contributed by atoms with van der Waals surface area (Å²) in [5.41, 5.74) is 8.33. The summed E-state index contributed by atoms with van der Waals surface area (Å²) >= 11 is 0. The van der Waals surface area contributed by atoms with E-state index in [0.29, 0.717) is 11.3 Å². The topological polar surface area (TPSA) is 93.8 Å². The number of rotatable bonds is 6.